The molecule has 0 bridgehead atoms. The van der Waals surface area contributed by atoms with E-state index in [-0.39, 0.29) is 11.6 Å². The summed E-state index contributed by atoms with van der Waals surface area (Å²) in [5.74, 6) is -0.583. The number of carbonyl (C=O) groups excluding carboxylic acids is 1. The predicted octanol–water partition coefficient (Wildman–Crippen LogP) is 1.04. The Balaban J connectivity index is 1.91. The molecular weight excluding hydrogens is 264 g/mol. The summed E-state index contributed by atoms with van der Waals surface area (Å²) in [6.45, 7) is 0.428. The molecule has 0 aromatic carbocycles. The highest BCUT2D eigenvalue weighted by Gasteiger charge is 2.45. The van der Waals surface area contributed by atoms with E-state index in [9.17, 15) is 4.79 Å². The van der Waals surface area contributed by atoms with Gasteiger partial charge in [-0.2, -0.15) is 0 Å². The fraction of sp³-hybridized carbons (Fsp3) is 0.615. The standard InChI is InChI=1S/C13H18N2O5/c1-17-12(16)10-11(15-5-4-14-10)20-8-9-6-13(7-9,18-2)19-3/h4-5,9H,6-8H2,1-3H3. The van der Waals surface area contributed by atoms with Gasteiger partial charge in [-0.3, -0.25) is 0 Å². The number of aromatic nitrogens is 2. The third-order valence-electron chi connectivity index (χ3n) is 3.44. The van der Waals surface area contributed by atoms with Crippen LogP contribution in [0.2, 0.25) is 0 Å². The smallest absolute Gasteiger partial charge is 0.362 e. The third-order valence-corrected chi connectivity index (χ3v) is 3.44. The van der Waals surface area contributed by atoms with Crippen LogP contribution in [0.3, 0.4) is 0 Å². The maximum atomic E-state index is 11.5. The summed E-state index contributed by atoms with van der Waals surface area (Å²) in [4.78, 5) is 19.4. The number of esters is 1. The molecule has 1 heterocycles. The van der Waals surface area contributed by atoms with E-state index in [0.717, 1.165) is 12.8 Å². The van der Waals surface area contributed by atoms with Gasteiger partial charge in [0.25, 0.3) is 0 Å². The molecule has 110 valence electrons. The average Bonchev–Trinajstić information content (AvgIpc) is 2.46. The van der Waals surface area contributed by atoms with Gasteiger partial charge < -0.3 is 18.9 Å². The molecule has 1 aliphatic rings. The average molecular weight is 282 g/mol. The monoisotopic (exact) mass is 282 g/mol. The third kappa shape index (κ3) is 2.88. The van der Waals surface area contributed by atoms with Gasteiger partial charge in [0.1, 0.15) is 0 Å². The topological polar surface area (TPSA) is 79.8 Å². The van der Waals surface area contributed by atoms with Crippen LogP contribution in [-0.2, 0) is 14.2 Å². The van der Waals surface area contributed by atoms with E-state index in [0.29, 0.717) is 12.5 Å². The number of rotatable bonds is 6. The molecule has 1 fully saturated rings. The van der Waals surface area contributed by atoms with Crippen LogP contribution >= 0.6 is 0 Å². The molecule has 7 heteroatoms. The maximum Gasteiger partial charge on any atom is 0.362 e. The number of hydrogen-bond acceptors (Lipinski definition) is 7. The molecule has 1 aliphatic carbocycles. The van der Waals surface area contributed by atoms with Crippen molar-refractivity contribution in [2.75, 3.05) is 27.9 Å². The predicted molar refractivity (Wildman–Crippen MR) is 68.3 cm³/mol. The highest BCUT2D eigenvalue weighted by Crippen LogP contribution is 2.41. The Morgan fingerprint density at radius 2 is 1.90 bits per heavy atom. The molecule has 1 aromatic rings. The van der Waals surface area contributed by atoms with Gasteiger partial charge in [0.15, 0.2) is 5.79 Å². The highest BCUT2D eigenvalue weighted by atomic mass is 16.7. The van der Waals surface area contributed by atoms with E-state index in [2.05, 4.69) is 14.7 Å². The lowest BCUT2D eigenvalue weighted by Gasteiger charge is -2.44. The second-order valence-electron chi connectivity index (χ2n) is 4.61. The second kappa shape index (κ2) is 6.15. The molecule has 0 unspecified atom stereocenters. The Labute approximate surface area is 117 Å². The number of hydrogen-bond donors (Lipinski definition) is 0. The molecule has 0 amide bonds. The minimum atomic E-state index is -0.565. The zero-order valence-corrected chi connectivity index (χ0v) is 11.8. The molecule has 0 N–H and O–H groups in total. The van der Waals surface area contributed by atoms with E-state index in [1.54, 1.807) is 14.2 Å². The van der Waals surface area contributed by atoms with Crippen LogP contribution < -0.4 is 4.74 Å². The van der Waals surface area contributed by atoms with Gasteiger partial charge in [0.2, 0.25) is 11.6 Å². The van der Waals surface area contributed by atoms with Crippen LogP contribution in [-0.4, -0.2) is 49.7 Å². The van der Waals surface area contributed by atoms with E-state index < -0.39 is 11.8 Å². The molecule has 0 spiro atoms. The lowest BCUT2D eigenvalue weighted by molar-refractivity contribution is -0.272. The Bertz CT molecular complexity index is 468. The Hall–Kier alpha value is -1.73. The lowest BCUT2D eigenvalue weighted by Crippen LogP contribution is -2.49. The number of methoxy groups -OCH3 is 3. The quantitative estimate of drug-likeness (QED) is 0.569. The maximum absolute atomic E-state index is 11.5. The number of ether oxygens (including phenoxy) is 4. The minimum Gasteiger partial charge on any atom is -0.476 e. The van der Waals surface area contributed by atoms with Crippen LogP contribution in [0, 0.1) is 5.92 Å². The first-order valence-electron chi connectivity index (χ1n) is 6.26. The van der Waals surface area contributed by atoms with Crippen molar-refractivity contribution in [3.63, 3.8) is 0 Å². The molecule has 0 radical (unpaired) electrons. The van der Waals surface area contributed by atoms with Crippen LogP contribution in [0.4, 0.5) is 0 Å². The molecule has 0 saturated heterocycles. The molecule has 0 atom stereocenters. The largest absolute Gasteiger partial charge is 0.476 e. The minimum absolute atomic E-state index is 0.0825. The molecule has 1 saturated carbocycles. The van der Waals surface area contributed by atoms with Crippen molar-refractivity contribution in [2.24, 2.45) is 5.92 Å². The fourth-order valence-corrected chi connectivity index (χ4v) is 2.22. The van der Waals surface area contributed by atoms with Crippen LogP contribution in [0.1, 0.15) is 23.3 Å². The van der Waals surface area contributed by atoms with Gasteiger partial charge in [-0.15, -0.1) is 0 Å². The van der Waals surface area contributed by atoms with Crippen molar-refractivity contribution >= 4 is 5.97 Å². The molecule has 2 rings (SSSR count). The summed E-state index contributed by atoms with van der Waals surface area (Å²) in [6.07, 6.45) is 4.38. The zero-order valence-electron chi connectivity index (χ0n) is 11.8. The molecule has 7 nitrogen and oxygen atoms in total. The molecule has 20 heavy (non-hydrogen) atoms. The fourth-order valence-electron chi connectivity index (χ4n) is 2.22. The van der Waals surface area contributed by atoms with Crippen molar-refractivity contribution in [2.45, 2.75) is 18.6 Å². The van der Waals surface area contributed by atoms with E-state index in [1.165, 1.54) is 19.5 Å². The summed E-state index contributed by atoms with van der Waals surface area (Å²) in [5, 5.41) is 0. The van der Waals surface area contributed by atoms with Crippen molar-refractivity contribution in [1.29, 1.82) is 0 Å². The summed E-state index contributed by atoms with van der Waals surface area (Å²) < 4.78 is 20.8. The molecular formula is C13H18N2O5. The summed E-state index contributed by atoms with van der Waals surface area (Å²) in [6, 6.07) is 0. The summed E-state index contributed by atoms with van der Waals surface area (Å²) in [5.41, 5.74) is 0.0825. The number of carbonyl (C=O) groups is 1. The van der Waals surface area contributed by atoms with Gasteiger partial charge in [0.05, 0.1) is 13.7 Å². The van der Waals surface area contributed by atoms with Gasteiger partial charge in [-0.05, 0) is 0 Å². The summed E-state index contributed by atoms with van der Waals surface area (Å²) >= 11 is 0. The van der Waals surface area contributed by atoms with Crippen molar-refractivity contribution < 1.29 is 23.7 Å². The lowest BCUT2D eigenvalue weighted by atomic mass is 9.79. The second-order valence-corrected chi connectivity index (χ2v) is 4.61. The van der Waals surface area contributed by atoms with Crippen molar-refractivity contribution in [3.8, 4) is 5.88 Å². The van der Waals surface area contributed by atoms with Gasteiger partial charge in [-0.25, -0.2) is 14.8 Å². The first kappa shape index (κ1) is 14.7. The van der Waals surface area contributed by atoms with E-state index in [1.807, 2.05) is 0 Å². The van der Waals surface area contributed by atoms with Gasteiger partial charge in [0, 0.05) is 45.4 Å². The van der Waals surface area contributed by atoms with Crippen LogP contribution in [0.5, 0.6) is 5.88 Å². The summed E-state index contributed by atoms with van der Waals surface area (Å²) in [7, 11) is 4.54. The molecule has 1 aromatic heterocycles. The van der Waals surface area contributed by atoms with Crippen LogP contribution in [0.25, 0.3) is 0 Å². The van der Waals surface area contributed by atoms with Crippen LogP contribution in [0.15, 0.2) is 12.4 Å². The zero-order chi connectivity index (χ0) is 14.6. The SMILES string of the molecule is COC(=O)c1nccnc1OCC1CC(OC)(OC)C1. The first-order chi connectivity index (χ1) is 9.64. The van der Waals surface area contributed by atoms with Gasteiger partial charge in [-0.1, -0.05) is 0 Å². The highest BCUT2D eigenvalue weighted by molar-refractivity contribution is 5.89. The Kier molecular flexibility index (Phi) is 4.51. The Morgan fingerprint density at radius 3 is 2.50 bits per heavy atom. The normalized spacial score (nSPS) is 17.4. The van der Waals surface area contributed by atoms with Gasteiger partial charge >= 0.3 is 5.97 Å². The first-order valence-corrected chi connectivity index (χ1v) is 6.26. The van der Waals surface area contributed by atoms with Crippen molar-refractivity contribution in [3.05, 3.63) is 18.1 Å². The number of nitrogens with zero attached hydrogens (tertiary/aromatic N) is 2. The van der Waals surface area contributed by atoms with E-state index in [4.69, 9.17) is 14.2 Å². The Morgan fingerprint density at radius 1 is 1.25 bits per heavy atom. The van der Waals surface area contributed by atoms with Crippen molar-refractivity contribution in [1.82, 2.24) is 9.97 Å². The molecule has 0 aliphatic heterocycles. The van der Waals surface area contributed by atoms with E-state index >= 15 is 0 Å².